The van der Waals surface area contributed by atoms with Crippen molar-refractivity contribution < 1.29 is 9.72 Å². The van der Waals surface area contributed by atoms with E-state index in [9.17, 15) is 14.9 Å². The van der Waals surface area contributed by atoms with Crippen LogP contribution in [0.25, 0.3) is 27.5 Å². The molecule has 3 heterocycles. The number of anilines is 1. The van der Waals surface area contributed by atoms with Gasteiger partial charge in [0.2, 0.25) is 11.0 Å². The maximum absolute atomic E-state index is 13.1. The van der Waals surface area contributed by atoms with Crippen LogP contribution in [0.2, 0.25) is 0 Å². The molecule has 3 aromatic carbocycles. The predicted molar refractivity (Wildman–Crippen MR) is 151 cm³/mol. The molecule has 1 saturated heterocycles. The Kier molecular flexibility index (Phi) is 6.52. The number of carbonyl (C=O) groups is 1. The van der Waals surface area contributed by atoms with Gasteiger partial charge in [-0.3, -0.25) is 19.8 Å². The molecule has 0 spiro atoms. The number of thioether (sulfide) groups is 1. The summed E-state index contributed by atoms with van der Waals surface area (Å²) >= 11 is 6.25. The highest BCUT2D eigenvalue weighted by molar-refractivity contribution is 9.10. The third-order valence-corrected chi connectivity index (χ3v) is 8.63. The Morgan fingerprint density at radius 2 is 1.76 bits per heavy atom. The molecule has 38 heavy (non-hydrogen) atoms. The molecular weight excluding hydrogens is 588 g/mol. The zero-order valence-corrected chi connectivity index (χ0v) is 22.7. The number of aromatic nitrogens is 4. The topological polar surface area (TPSA) is 107 Å². The van der Waals surface area contributed by atoms with E-state index in [1.807, 2.05) is 60.8 Å². The number of non-ortho nitro benzene ring substituents is 1. The van der Waals surface area contributed by atoms with E-state index in [0.29, 0.717) is 21.4 Å². The van der Waals surface area contributed by atoms with Crippen molar-refractivity contribution in [1.82, 2.24) is 20.0 Å². The van der Waals surface area contributed by atoms with Crippen molar-refractivity contribution in [1.29, 1.82) is 0 Å². The van der Waals surface area contributed by atoms with E-state index < -0.39 is 10.3 Å². The third kappa shape index (κ3) is 4.62. The summed E-state index contributed by atoms with van der Waals surface area (Å²) in [6, 6.07) is 23.7. The lowest BCUT2D eigenvalue weighted by molar-refractivity contribution is -0.384. The van der Waals surface area contributed by atoms with Gasteiger partial charge in [0, 0.05) is 39.5 Å². The number of hydrogen-bond donors (Lipinski definition) is 0. The van der Waals surface area contributed by atoms with Gasteiger partial charge in [-0.2, -0.15) is 5.10 Å². The van der Waals surface area contributed by atoms with Gasteiger partial charge >= 0.3 is 0 Å². The summed E-state index contributed by atoms with van der Waals surface area (Å²) in [5.41, 5.74) is 3.62. The molecule has 6 rings (SSSR count). The molecule has 0 aliphatic carbocycles. The number of nitro benzene ring substituents is 1. The Hall–Kier alpha value is -3.87. The van der Waals surface area contributed by atoms with Crippen LogP contribution in [0.4, 0.5) is 10.8 Å². The largest absolute Gasteiger partial charge is 0.273 e. The van der Waals surface area contributed by atoms with E-state index in [0.717, 1.165) is 21.3 Å². The first kappa shape index (κ1) is 24.5. The van der Waals surface area contributed by atoms with Crippen LogP contribution in [-0.4, -0.2) is 36.6 Å². The zero-order valence-electron chi connectivity index (χ0n) is 19.5. The van der Waals surface area contributed by atoms with Gasteiger partial charge in [-0.1, -0.05) is 69.7 Å². The fourth-order valence-corrected chi connectivity index (χ4v) is 6.54. The minimum atomic E-state index is -0.431. The second-order valence-electron chi connectivity index (χ2n) is 8.34. The number of nitrogens with zero attached hydrogens (tertiary/aromatic N) is 6. The van der Waals surface area contributed by atoms with Gasteiger partial charge in [-0.15, -0.1) is 22.0 Å². The molecule has 1 atom stereocenters. The Bertz CT molecular complexity index is 1660. The number of carbonyl (C=O) groups excluding carboxylic acids is 1. The Morgan fingerprint density at radius 3 is 2.53 bits per heavy atom. The fourth-order valence-electron chi connectivity index (χ4n) is 4.16. The van der Waals surface area contributed by atoms with Crippen molar-refractivity contribution in [3.05, 3.63) is 105 Å². The maximum Gasteiger partial charge on any atom is 0.270 e. The van der Waals surface area contributed by atoms with Gasteiger partial charge in [-0.05, 0) is 24.3 Å². The molecule has 1 aliphatic heterocycles. The zero-order chi connectivity index (χ0) is 26.2. The second-order valence-corrected chi connectivity index (χ2v) is 11.3. The summed E-state index contributed by atoms with van der Waals surface area (Å²) in [6.45, 7) is 0. The average molecular weight is 605 g/mol. The monoisotopic (exact) mass is 604 g/mol. The summed E-state index contributed by atoms with van der Waals surface area (Å²) in [5.74, 6) is 0.180. The second kappa shape index (κ2) is 10.1. The molecule has 12 heteroatoms. The number of hydrogen-bond acceptors (Lipinski definition) is 8. The molecule has 0 saturated carbocycles. The number of amides is 1. The van der Waals surface area contributed by atoms with Crippen LogP contribution in [0.3, 0.4) is 0 Å². The van der Waals surface area contributed by atoms with Crippen LogP contribution in [0.1, 0.15) is 10.9 Å². The fraction of sp³-hybridized carbons (Fsp3) is 0.0769. The minimum Gasteiger partial charge on any atom is -0.273 e. The first-order chi connectivity index (χ1) is 18.5. The van der Waals surface area contributed by atoms with Crippen LogP contribution in [0, 0.1) is 10.1 Å². The van der Waals surface area contributed by atoms with E-state index in [1.54, 1.807) is 21.7 Å². The van der Waals surface area contributed by atoms with Gasteiger partial charge in [-0.25, -0.2) is 4.68 Å². The van der Waals surface area contributed by atoms with Crippen molar-refractivity contribution in [3.63, 3.8) is 0 Å². The average Bonchev–Trinajstić information content (AvgIpc) is 3.68. The standard InChI is InChI=1S/C26H17BrN6O3S2/c27-18-11-9-16(10-12-18)24-28-29-26(38-24)32-22(34)15-37-25(32)21-14-31(19-6-2-1-3-7-19)30-23(21)17-5-4-8-20(13-17)33(35)36/h1-14,25H,15H2. The summed E-state index contributed by atoms with van der Waals surface area (Å²) in [6.07, 6.45) is 1.88. The van der Waals surface area contributed by atoms with Gasteiger partial charge < -0.3 is 0 Å². The van der Waals surface area contributed by atoms with Crippen LogP contribution in [0.15, 0.2) is 89.5 Å². The minimum absolute atomic E-state index is 0.0296. The summed E-state index contributed by atoms with van der Waals surface area (Å²) < 4.78 is 2.69. The molecule has 1 unspecified atom stereocenters. The molecule has 2 aromatic heterocycles. The van der Waals surface area contributed by atoms with E-state index >= 15 is 0 Å². The Morgan fingerprint density at radius 1 is 0.974 bits per heavy atom. The van der Waals surface area contributed by atoms with E-state index in [4.69, 9.17) is 5.10 Å². The van der Waals surface area contributed by atoms with Gasteiger partial charge in [0.25, 0.3) is 5.69 Å². The lowest BCUT2D eigenvalue weighted by atomic mass is 10.1. The van der Waals surface area contributed by atoms with Crippen LogP contribution >= 0.6 is 39.0 Å². The van der Waals surface area contributed by atoms with Gasteiger partial charge in [0.1, 0.15) is 10.4 Å². The molecule has 188 valence electrons. The molecular formula is C26H17BrN6O3S2. The molecule has 1 aliphatic rings. The summed E-state index contributed by atoms with van der Waals surface area (Å²) in [5, 5.41) is 25.8. The highest BCUT2D eigenvalue weighted by atomic mass is 79.9. The summed E-state index contributed by atoms with van der Waals surface area (Å²) in [7, 11) is 0. The van der Waals surface area contributed by atoms with Crippen molar-refractivity contribution in [2.75, 3.05) is 10.7 Å². The number of rotatable bonds is 6. The summed E-state index contributed by atoms with van der Waals surface area (Å²) in [4.78, 5) is 25.8. The van der Waals surface area contributed by atoms with Crippen molar-refractivity contribution in [3.8, 4) is 27.5 Å². The first-order valence-electron chi connectivity index (χ1n) is 11.4. The number of para-hydroxylation sites is 1. The molecule has 0 bridgehead atoms. The normalized spacial score (nSPS) is 15.2. The predicted octanol–water partition coefficient (Wildman–Crippen LogP) is 6.51. The van der Waals surface area contributed by atoms with Crippen LogP contribution in [0.5, 0.6) is 0 Å². The Balaban J connectivity index is 1.44. The molecule has 9 nitrogen and oxygen atoms in total. The van der Waals surface area contributed by atoms with E-state index in [2.05, 4.69) is 26.1 Å². The van der Waals surface area contributed by atoms with E-state index in [1.165, 1.54) is 35.2 Å². The van der Waals surface area contributed by atoms with Gasteiger partial charge in [0.05, 0.1) is 22.1 Å². The lowest BCUT2D eigenvalue weighted by Crippen LogP contribution is -2.27. The van der Waals surface area contributed by atoms with Crippen molar-refractivity contribution >= 4 is 55.8 Å². The first-order valence-corrected chi connectivity index (χ1v) is 14.1. The number of halogens is 1. The molecule has 0 radical (unpaired) electrons. The quantitative estimate of drug-likeness (QED) is 0.161. The highest BCUT2D eigenvalue weighted by Crippen LogP contribution is 2.46. The lowest BCUT2D eigenvalue weighted by Gasteiger charge is -2.20. The number of nitro groups is 1. The molecule has 0 N–H and O–H groups in total. The Labute approximate surface area is 233 Å². The van der Waals surface area contributed by atoms with Gasteiger partial charge in [0.15, 0.2) is 0 Å². The van der Waals surface area contributed by atoms with Crippen LogP contribution in [-0.2, 0) is 4.79 Å². The van der Waals surface area contributed by atoms with Crippen molar-refractivity contribution in [2.24, 2.45) is 0 Å². The maximum atomic E-state index is 13.1. The van der Waals surface area contributed by atoms with Crippen molar-refractivity contribution in [2.45, 2.75) is 5.37 Å². The van der Waals surface area contributed by atoms with Crippen LogP contribution < -0.4 is 4.90 Å². The SMILES string of the molecule is O=C1CSC(c2cn(-c3ccccc3)nc2-c2cccc([N+](=O)[O-])c2)N1c1nnc(-c2ccc(Br)cc2)s1. The third-order valence-electron chi connectivity index (χ3n) is 5.94. The molecule has 1 amide bonds. The smallest absolute Gasteiger partial charge is 0.270 e. The highest BCUT2D eigenvalue weighted by Gasteiger charge is 2.39. The van der Waals surface area contributed by atoms with E-state index in [-0.39, 0.29) is 17.3 Å². The number of benzene rings is 3. The molecule has 1 fully saturated rings. The molecule has 5 aromatic rings.